The van der Waals surface area contributed by atoms with Gasteiger partial charge in [0.15, 0.2) is 0 Å². The zero-order chi connectivity index (χ0) is 13.8. The van der Waals surface area contributed by atoms with Crippen LogP contribution in [0.4, 0.5) is 15.6 Å². The van der Waals surface area contributed by atoms with E-state index in [1.165, 1.54) is 17.7 Å². The first-order chi connectivity index (χ1) is 9.81. The lowest BCUT2D eigenvalue weighted by Gasteiger charge is -2.06. The fourth-order valence-electron chi connectivity index (χ4n) is 1.56. The van der Waals surface area contributed by atoms with E-state index in [2.05, 4.69) is 25.6 Å². The number of carbonyl (C=O) groups is 1. The van der Waals surface area contributed by atoms with E-state index in [9.17, 15) is 4.79 Å². The largest absolute Gasteiger partial charge is 0.325 e. The van der Waals surface area contributed by atoms with Crippen LogP contribution in [0.3, 0.4) is 0 Å². The second-order valence-electron chi connectivity index (χ2n) is 3.79. The average molecular weight is 286 g/mol. The molecule has 0 radical (unpaired) electrons. The molecule has 0 unspecified atom stereocenters. The van der Waals surface area contributed by atoms with Crippen molar-refractivity contribution >= 4 is 28.2 Å². The van der Waals surface area contributed by atoms with E-state index in [4.69, 9.17) is 0 Å². The van der Waals surface area contributed by atoms with Crippen LogP contribution < -0.4 is 10.6 Å². The topological polar surface area (TPSA) is 84.7 Å². The lowest BCUT2D eigenvalue weighted by molar-refractivity contribution is 0.262. The minimum absolute atomic E-state index is 0.345. The van der Waals surface area contributed by atoms with Gasteiger partial charge in [0.05, 0.1) is 5.00 Å². The fraction of sp³-hybridized carbons (Fsp3) is 0. The van der Waals surface area contributed by atoms with Crippen LogP contribution >= 0.6 is 11.3 Å². The maximum absolute atomic E-state index is 11.8. The fourth-order valence-corrected chi connectivity index (χ4v) is 2.17. The Labute approximate surface area is 118 Å². The van der Waals surface area contributed by atoms with Gasteiger partial charge in [-0.2, -0.15) is 0 Å². The molecule has 2 N–H and O–H groups in total. The number of hydrogen-bond acceptors (Lipinski definition) is 5. The summed E-state index contributed by atoms with van der Waals surface area (Å²) in [6, 6.07) is 5.00. The van der Waals surface area contributed by atoms with Gasteiger partial charge >= 0.3 is 6.03 Å². The highest BCUT2D eigenvalue weighted by Gasteiger charge is 2.06. The number of hydrogen-bond donors (Lipinski definition) is 2. The van der Waals surface area contributed by atoms with E-state index in [1.807, 2.05) is 17.5 Å². The lowest BCUT2D eigenvalue weighted by atomic mass is 10.5. The van der Waals surface area contributed by atoms with E-state index in [1.54, 1.807) is 29.4 Å². The van der Waals surface area contributed by atoms with Crippen LogP contribution in [0.2, 0.25) is 0 Å². The Bertz CT molecular complexity index is 695. The summed E-state index contributed by atoms with van der Waals surface area (Å²) >= 11 is 1.45. The number of imidazole rings is 1. The Morgan fingerprint density at radius 1 is 1.30 bits per heavy atom. The van der Waals surface area contributed by atoms with Gasteiger partial charge in [-0.1, -0.05) is 0 Å². The molecule has 3 aromatic heterocycles. The molecule has 0 aliphatic heterocycles. The smallest absolute Gasteiger partial charge is 0.299 e. The zero-order valence-electron chi connectivity index (χ0n) is 10.2. The Morgan fingerprint density at radius 2 is 2.25 bits per heavy atom. The van der Waals surface area contributed by atoms with Crippen molar-refractivity contribution in [2.75, 3.05) is 10.6 Å². The van der Waals surface area contributed by atoms with Gasteiger partial charge in [0.2, 0.25) is 0 Å². The number of thiophene rings is 1. The van der Waals surface area contributed by atoms with Gasteiger partial charge in [-0.05, 0) is 17.5 Å². The van der Waals surface area contributed by atoms with Crippen molar-refractivity contribution in [3.05, 3.63) is 48.6 Å². The predicted octanol–water partition coefficient (Wildman–Crippen LogP) is 2.37. The molecule has 2 amide bonds. The summed E-state index contributed by atoms with van der Waals surface area (Å²) in [5.74, 6) is 1.04. The van der Waals surface area contributed by atoms with Crippen molar-refractivity contribution in [2.45, 2.75) is 0 Å². The molecule has 0 aliphatic carbocycles. The zero-order valence-corrected chi connectivity index (χ0v) is 11.0. The number of rotatable bonds is 3. The first-order valence-electron chi connectivity index (χ1n) is 5.73. The van der Waals surface area contributed by atoms with Crippen LogP contribution in [0, 0.1) is 0 Å². The standard InChI is InChI=1S/C12H10N6OS/c19-12(17-11-2-1-5-20-11)16-9-6-10(15-7-14-9)18-4-3-13-8-18/h1-8H,(H2,14,15,16,17,19). The summed E-state index contributed by atoms with van der Waals surface area (Å²) in [6.45, 7) is 0. The van der Waals surface area contributed by atoms with Crippen LogP contribution in [0.1, 0.15) is 0 Å². The molecule has 8 heteroatoms. The number of anilines is 2. The number of urea groups is 1. The summed E-state index contributed by atoms with van der Waals surface area (Å²) in [5.41, 5.74) is 0. The maximum Gasteiger partial charge on any atom is 0.325 e. The monoisotopic (exact) mass is 286 g/mol. The van der Waals surface area contributed by atoms with Crippen LogP contribution in [0.25, 0.3) is 5.82 Å². The first kappa shape index (κ1) is 12.3. The molecule has 3 rings (SSSR count). The molecule has 0 fully saturated rings. The summed E-state index contributed by atoms with van der Waals surface area (Å²) in [6.07, 6.45) is 6.42. The van der Waals surface area contributed by atoms with E-state index in [0.29, 0.717) is 11.6 Å². The highest BCUT2D eigenvalue weighted by atomic mass is 32.1. The van der Waals surface area contributed by atoms with Gasteiger partial charge in [0.1, 0.15) is 24.3 Å². The molecule has 0 aliphatic rings. The van der Waals surface area contributed by atoms with Gasteiger partial charge in [-0.15, -0.1) is 11.3 Å². The third-order valence-corrected chi connectivity index (χ3v) is 3.21. The molecule has 0 aromatic carbocycles. The van der Waals surface area contributed by atoms with E-state index in [-0.39, 0.29) is 6.03 Å². The van der Waals surface area contributed by atoms with Crippen LogP contribution in [0.5, 0.6) is 0 Å². The summed E-state index contributed by atoms with van der Waals surface area (Å²) in [7, 11) is 0. The molecule has 0 atom stereocenters. The van der Waals surface area contributed by atoms with E-state index < -0.39 is 0 Å². The first-order valence-corrected chi connectivity index (χ1v) is 6.61. The van der Waals surface area contributed by atoms with E-state index in [0.717, 1.165) is 5.00 Å². The maximum atomic E-state index is 11.8. The molecule has 0 saturated carbocycles. The van der Waals surface area contributed by atoms with Crippen LogP contribution in [-0.4, -0.2) is 25.6 Å². The average Bonchev–Trinajstić information content (AvgIpc) is 3.11. The van der Waals surface area contributed by atoms with Crippen molar-refractivity contribution in [3.8, 4) is 5.82 Å². The quantitative estimate of drug-likeness (QED) is 0.774. The highest BCUT2D eigenvalue weighted by Crippen LogP contribution is 2.15. The second kappa shape index (κ2) is 5.49. The summed E-state index contributed by atoms with van der Waals surface area (Å²) in [5, 5.41) is 8.02. The molecular weight excluding hydrogens is 276 g/mol. The Balaban J connectivity index is 1.71. The third kappa shape index (κ3) is 2.81. The van der Waals surface area contributed by atoms with Gasteiger partial charge in [0.25, 0.3) is 0 Å². The molecule has 3 heterocycles. The second-order valence-corrected chi connectivity index (χ2v) is 4.74. The SMILES string of the molecule is O=C(Nc1cc(-n2ccnc2)ncn1)Nc1cccs1. The molecule has 3 aromatic rings. The number of aromatic nitrogens is 4. The summed E-state index contributed by atoms with van der Waals surface area (Å²) in [4.78, 5) is 23.8. The number of amides is 2. The third-order valence-electron chi connectivity index (χ3n) is 2.42. The van der Waals surface area contributed by atoms with Crippen LogP contribution in [-0.2, 0) is 0 Å². The molecular formula is C12H10N6OS. The van der Waals surface area contributed by atoms with Gasteiger partial charge in [-0.3, -0.25) is 15.2 Å². The number of carbonyl (C=O) groups excluding carboxylic acids is 1. The highest BCUT2D eigenvalue weighted by molar-refractivity contribution is 7.14. The van der Waals surface area contributed by atoms with Crippen molar-refractivity contribution in [1.29, 1.82) is 0 Å². The molecule has 0 saturated heterocycles. The lowest BCUT2D eigenvalue weighted by Crippen LogP contribution is -2.19. The van der Waals surface area contributed by atoms with Gasteiger partial charge in [-0.25, -0.2) is 19.7 Å². The van der Waals surface area contributed by atoms with Gasteiger partial charge < -0.3 is 0 Å². The Hall–Kier alpha value is -2.74. The van der Waals surface area contributed by atoms with E-state index >= 15 is 0 Å². The molecule has 0 spiro atoms. The number of nitrogens with zero attached hydrogens (tertiary/aromatic N) is 4. The molecule has 100 valence electrons. The predicted molar refractivity (Wildman–Crippen MR) is 76.1 cm³/mol. The van der Waals surface area contributed by atoms with Crippen molar-refractivity contribution in [3.63, 3.8) is 0 Å². The van der Waals surface area contributed by atoms with Crippen molar-refractivity contribution in [2.24, 2.45) is 0 Å². The Kier molecular flexibility index (Phi) is 3.38. The summed E-state index contributed by atoms with van der Waals surface area (Å²) < 4.78 is 1.73. The number of nitrogens with one attached hydrogen (secondary N) is 2. The van der Waals surface area contributed by atoms with Crippen molar-refractivity contribution in [1.82, 2.24) is 19.5 Å². The molecule has 7 nitrogen and oxygen atoms in total. The normalized spacial score (nSPS) is 10.2. The van der Waals surface area contributed by atoms with Crippen molar-refractivity contribution < 1.29 is 4.79 Å². The Morgan fingerprint density at radius 3 is 3.00 bits per heavy atom. The minimum Gasteiger partial charge on any atom is -0.299 e. The molecule has 0 bridgehead atoms. The minimum atomic E-state index is -0.345. The molecule has 20 heavy (non-hydrogen) atoms. The van der Waals surface area contributed by atoms with Gasteiger partial charge in [0, 0.05) is 18.5 Å². The van der Waals surface area contributed by atoms with Crippen LogP contribution in [0.15, 0.2) is 48.6 Å².